The monoisotopic (exact) mass is 465 g/mol. The smallest absolute Gasteiger partial charge is 0.357 e. The van der Waals surface area contributed by atoms with Crippen LogP contribution in [0, 0.1) is 0 Å². The molecule has 0 unspecified atom stereocenters. The summed E-state index contributed by atoms with van der Waals surface area (Å²) in [7, 11) is 2.52. The van der Waals surface area contributed by atoms with Crippen molar-refractivity contribution in [3.05, 3.63) is 65.9 Å². The molecule has 34 heavy (non-hydrogen) atoms. The van der Waals surface area contributed by atoms with Gasteiger partial charge in [-0.15, -0.1) is 0 Å². The van der Waals surface area contributed by atoms with Crippen LogP contribution in [0.5, 0.6) is 5.75 Å². The molecule has 0 saturated carbocycles. The van der Waals surface area contributed by atoms with Crippen molar-refractivity contribution in [3.63, 3.8) is 0 Å². The van der Waals surface area contributed by atoms with Crippen LogP contribution < -0.4 is 4.74 Å². The van der Waals surface area contributed by atoms with Gasteiger partial charge in [0.2, 0.25) is 0 Å². The molecule has 1 aliphatic rings. The number of para-hydroxylation sites is 1. The first-order valence-electron chi connectivity index (χ1n) is 11.0. The van der Waals surface area contributed by atoms with E-state index in [1.807, 2.05) is 30.3 Å². The number of esters is 2. The summed E-state index contributed by atoms with van der Waals surface area (Å²) in [6.45, 7) is 4.55. The summed E-state index contributed by atoms with van der Waals surface area (Å²) >= 11 is 0. The van der Waals surface area contributed by atoms with E-state index in [1.54, 1.807) is 24.3 Å². The highest BCUT2D eigenvalue weighted by atomic mass is 16.5. The van der Waals surface area contributed by atoms with E-state index < -0.39 is 11.9 Å². The Morgan fingerprint density at radius 1 is 0.971 bits per heavy atom. The molecular formula is C25H27N3O6. The van der Waals surface area contributed by atoms with Gasteiger partial charge in [0.15, 0.2) is 5.69 Å². The molecule has 1 fully saturated rings. The largest absolute Gasteiger partial charge is 0.492 e. The van der Waals surface area contributed by atoms with Crippen LogP contribution in [0.3, 0.4) is 0 Å². The molecule has 2 heterocycles. The average molecular weight is 466 g/mol. The Balaban J connectivity index is 1.69. The zero-order valence-corrected chi connectivity index (χ0v) is 19.2. The number of carbonyl (C=O) groups excluding carboxylic acids is 2. The second-order valence-corrected chi connectivity index (χ2v) is 7.63. The van der Waals surface area contributed by atoms with E-state index in [0.29, 0.717) is 29.3 Å². The van der Waals surface area contributed by atoms with Gasteiger partial charge in [-0.25, -0.2) is 14.3 Å². The van der Waals surface area contributed by atoms with E-state index in [1.165, 1.54) is 18.9 Å². The van der Waals surface area contributed by atoms with Crippen molar-refractivity contribution in [2.75, 3.05) is 53.7 Å². The zero-order valence-electron chi connectivity index (χ0n) is 19.2. The summed E-state index contributed by atoms with van der Waals surface area (Å²) in [5.74, 6) is -0.743. The third kappa shape index (κ3) is 5.11. The summed E-state index contributed by atoms with van der Waals surface area (Å²) in [5.41, 5.74) is 1.55. The molecule has 9 nitrogen and oxygen atoms in total. The maximum Gasteiger partial charge on any atom is 0.357 e. The molecule has 0 bridgehead atoms. The second-order valence-electron chi connectivity index (χ2n) is 7.63. The van der Waals surface area contributed by atoms with Crippen LogP contribution in [0.15, 0.2) is 54.6 Å². The van der Waals surface area contributed by atoms with Crippen LogP contribution in [-0.4, -0.2) is 80.3 Å². The molecule has 0 aliphatic carbocycles. The van der Waals surface area contributed by atoms with Crippen molar-refractivity contribution in [3.8, 4) is 22.7 Å². The van der Waals surface area contributed by atoms with E-state index in [9.17, 15) is 9.59 Å². The molecule has 0 N–H and O–H groups in total. The molecule has 0 spiro atoms. The molecular weight excluding hydrogens is 438 g/mol. The fourth-order valence-electron chi connectivity index (χ4n) is 3.81. The third-order valence-corrected chi connectivity index (χ3v) is 5.54. The Morgan fingerprint density at radius 2 is 1.71 bits per heavy atom. The van der Waals surface area contributed by atoms with Crippen molar-refractivity contribution >= 4 is 11.9 Å². The van der Waals surface area contributed by atoms with Gasteiger partial charge in [0.25, 0.3) is 0 Å². The number of morpholine rings is 1. The Kier molecular flexibility index (Phi) is 7.56. The van der Waals surface area contributed by atoms with Gasteiger partial charge in [0, 0.05) is 25.2 Å². The lowest BCUT2D eigenvalue weighted by atomic mass is 10.1. The highest BCUT2D eigenvalue weighted by Gasteiger charge is 2.31. The fourth-order valence-corrected chi connectivity index (χ4v) is 3.81. The molecule has 9 heteroatoms. The number of benzene rings is 2. The highest BCUT2D eigenvalue weighted by Crippen LogP contribution is 2.31. The molecule has 0 atom stereocenters. The molecule has 4 rings (SSSR count). The predicted molar refractivity (Wildman–Crippen MR) is 124 cm³/mol. The van der Waals surface area contributed by atoms with E-state index in [4.69, 9.17) is 18.9 Å². The molecule has 1 aromatic heterocycles. The number of hydrogen-bond donors (Lipinski definition) is 0. The number of methoxy groups -OCH3 is 2. The highest BCUT2D eigenvalue weighted by molar-refractivity contribution is 6.06. The number of carbonyl (C=O) groups is 2. The van der Waals surface area contributed by atoms with Crippen LogP contribution in [0.25, 0.3) is 16.9 Å². The van der Waals surface area contributed by atoms with Crippen LogP contribution >= 0.6 is 0 Å². The van der Waals surface area contributed by atoms with Gasteiger partial charge < -0.3 is 18.9 Å². The van der Waals surface area contributed by atoms with E-state index in [2.05, 4.69) is 10.00 Å². The van der Waals surface area contributed by atoms with Gasteiger partial charge in [0.1, 0.15) is 23.6 Å². The minimum Gasteiger partial charge on any atom is -0.492 e. The number of rotatable bonds is 8. The van der Waals surface area contributed by atoms with Crippen molar-refractivity contribution in [2.45, 2.75) is 0 Å². The summed E-state index contributed by atoms with van der Waals surface area (Å²) in [4.78, 5) is 27.8. The SMILES string of the molecule is COC(=O)c1c(-c2cccc(OCCN3CCOCC3)c2)nn(-c2ccccc2)c1C(=O)OC. The first kappa shape index (κ1) is 23.5. The average Bonchev–Trinajstić information content (AvgIpc) is 3.30. The van der Waals surface area contributed by atoms with Gasteiger partial charge in [-0.2, -0.15) is 5.10 Å². The number of nitrogens with zero attached hydrogens (tertiary/aromatic N) is 3. The Bertz CT molecular complexity index is 1140. The van der Waals surface area contributed by atoms with Gasteiger partial charge in [0.05, 0.1) is 33.1 Å². The van der Waals surface area contributed by atoms with Gasteiger partial charge in [-0.3, -0.25) is 4.90 Å². The van der Waals surface area contributed by atoms with Crippen molar-refractivity contribution in [2.24, 2.45) is 0 Å². The van der Waals surface area contributed by atoms with E-state index >= 15 is 0 Å². The minimum atomic E-state index is -0.694. The van der Waals surface area contributed by atoms with Gasteiger partial charge >= 0.3 is 11.9 Å². The first-order valence-corrected chi connectivity index (χ1v) is 11.0. The molecule has 178 valence electrons. The molecule has 0 amide bonds. The maximum atomic E-state index is 12.8. The second kappa shape index (κ2) is 11.0. The number of ether oxygens (including phenoxy) is 4. The first-order chi connectivity index (χ1) is 16.6. The lowest BCUT2D eigenvalue weighted by Crippen LogP contribution is -2.38. The van der Waals surface area contributed by atoms with Crippen LogP contribution in [0.4, 0.5) is 0 Å². The molecule has 3 aromatic rings. The van der Waals surface area contributed by atoms with Crippen LogP contribution in [-0.2, 0) is 14.2 Å². The fraction of sp³-hybridized carbons (Fsp3) is 0.320. The lowest BCUT2D eigenvalue weighted by Gasteiger charge is -2.26. The minimum absolute atomic E-state index is 0.00538. The quantitative estimate of drug-likeness (QED) is 0.469. The molecule has 0 radical (unpaired) electrons. The summed E-state index contributed by atoms with van der Waals surface area (Å²) < 4.78 is 22.7. The van der Waals surface area contributed by atoms with Crippen molar-refractivity contribution in [1.29, 1.82) is 0 Å². The Morgan fingerprint density at radius 3 is 2.41 bits per heavy atom. The predicted octanol–water partition coefficient (Wildman–Crippen LogP) is 2.82. The van der Waals surface area contributed by atoms with E-state index in [0.717, 1.165) is 32.8 Å². The van der Waals surface area contributed by atoms with E-state index in [-0.39, 0.29) is 11.3 Å². The molecule has 1 saturated heterocycles. The normalized spacial score (nSPS) is 13.9. The summed E-state index contributed by atoms with van der Waals surface area (Å²) in [5, 5.41) is 4.62. The van der Waals surface area contributed by atoms with Crippen molar-refractivity contribution in [1.82, 2.24) is 14.7 Å². The standard InChI is InChI=1S/C25H27N3O6/c1-31-24(29)21-22(26-28(23(21)25(30)32-2)19-8-4-3-5-9-19)18-7-6-10-20(17-18)34-16-13-27-11-14-33-15-12-27/h3-10,17H,11-16H2,1-2H3. The maximum absolute atomic E-state index is 12.8. The van der Waals surface area contributed by atoms with Gasteiger partial charge in [-0.1, -0.05) is 30.3 Å². The van der Waals surface area contributed by atoms with Crippen LogP contribution in [0.2, 0.25) is 0 Å². The Labute approximate surface area is 197 Å². The third-order valence-electron chi connectivity index (χ3n) is 5.54. The molecule has 2 aromatic carbocycles. The number of aromatic nitrogens is 2. The van der Waals surface area contributed by atoms with Gasteiger partial charge in [-0.05, 0) is 24.3 Å². The Hall–Kier alpha value is -3.69. The molecule has 1 aliphatic heterocycles. The summed E-state index contributed by atoms with van der Waals surface area (Å²) in [6, 6.07) is 16.3. The van der Waals surface area contributed by atoms with Crippen molar-refractivity contribution < 1.29 is 28.5 Å². The van der Waals surface area contributed by atoms with Crippen LogP contribution in [0.1, 0.15) is 20.8 Å². The summed E-state index contributed by atoms with van der Waals surface area (Å²) in [6.07, 6.45) is 0. The topological polar surface area (TPSA) is 92.1 Å². The number of hydrogen-bond acceptors (Lipinski definition) is 8. The zero-order chi connectivity index (χ0) is 23.9. The lowest BCUT2D eigenvalue weighted by molar-refractivity contribution is 0.0322.